The predicted octanol–water partition coefficient (Wildman–Crippen LogP) is -3.97. The summed E-state index contributed by atoms with van der Waals surface area (Å²) in [4.78, 5) is 42.7. The summed E-state index contributed by atoms with van der Waals surface area (Å²) in [5, 5.41) is 1.87. The highest BCUT2D eigenvalue weighted by Gasteiger charge is 2.57. The van der Waals surface area contributed by atoms with Gasteiger partial charge in [0.05, 0.1) is 16.3 Å². The van der Waals surface area contributed by atoms with Crippen molar-refractivity contribution < 1.29 is 9.59 Å². The van der Waals surface area contributed by atoms with Crippen LogP contribution in [-0.2, 0) is 15.0 Å². The molecule has 1 aliphatic rings. The van der Waals surface area contributed by atoms with Crippen molar-refractivity contribution in [2.75, 3.05) is 5.73 Å². The van der Waals surface area contributed by atoms with Gasteiger partial charge in [-0.25, -0.2) is 4.98 Å². The number of nitrogen functional groups attached to an aromatic ring is 1. The number of piperidine rings is 1. The molecule has 0 spiro atoms. The monoisotopic (exact) mass is 334 g/mol. The van der Waals surface area contributed by atoms with E-state index in [0.717, 1.165) is 0 Å². The Kier molecular flexibility index (Phi) is 3.67. The summed E-state index contributed by atoms with van der Waals surface area (Å²) in [5.41, 5.74) is 5.12. The number of hydrogen-bond acceptors (Lipinski definition) is 5. The Hall–Kier alpha value is -2.44. The van der Waals surface area contributed by atoms with E-state index in [2.05, 4.69) is 10.3 Å². The molecule has 2 heterocycles. The smallest absolute Gasteiger partial charge is 0.263 e. The molecule has 124 valence electrons. The maximum absolute atomic E-state index is 13.3. The van der Waals surface area contributed by atoms with Crippen molar-refractivity contribution in [2.45, 2.75) is 23.4 Å². The molecule has 1 saturated heterocycles. The van der Waals surface area contributed by atoms with Gasteiger partial charge in [0.2, 0.25) is 11.8 Å². The van der Waals surface area contributed by atoms with Gasteiger partial charge in [-0.1, -0.05) is 11.3 Å². The number of rotatable bonds is 1. The highest BCUT2D eigenvalue weighted by molar-refractivity contribution is 6.55. The molecule has 0 radical (unpaired) electrons. The van der Waals surface area contributed by atoms with Gasteiger partial charge >= 0.3 is 0 Å². The fourth-order valence-electron chi connectivity index (χ4n) is 3.67. The number of anilines is 1. The zero-order valence-electron chi connectivity index (χ0n) is 15.0. The number of nitrogens with one attached hydrogen (secondary N) is 1. The van der Waals surface area contributed by atoms with E-state index in [1.807, 2.05) is 15.7 Å². The maximum Gasteiger partial charge on any atom is 0.263 e. The summed E-state index contributed by atoms with van der Waals surface area (Å²) in [5.74, 6) is -0.923. The molecule has 2 atom stereocenters. The van der Waals surface area contributed by atoms with Gasteiger partial charge in [-0.15, -0.1) is 0 Å². The number of nitrogens with zero attached hydrogens (tertiary/aromatic N) is 2. The lowest BCUT2D eigenvalue weighted by atomic mass is 9.31. The lowest BCUT2D eigenvalue weighted by molar-refractivity contribution is -0.138. The summed E-state index contributed by atoms with van der Waals surface area (Å²) in [6.45, 7) is 1.68. The number of fused-ring (bicyclic) bond motifs is 1. The molecule has 0 bridgehead atoms. The van der Waals surface area contributed by atoms with Crippen LogP contribution in [0.15, 0.2) is 23.0 Å². The van der Waals surface area contributed by atoms with Crippen molar-refractivity contribution in [2.24, 2.45) is 0 Å². The molecule has 7 nitrogen and oxygen atoms in total. The number of imide groups is 1. The van der Waals surface area contributed by atoms with Crippen LogP contribution < -0.4 is 16.6 Å². The number of aromatic nitrogens is 2. The van der Waals surface area contributed by atoms with Crippen molar-refractivity contribution in [1.82, 2.24) is 14.9 Å². The Morgan fingerprint density at radius 1 is 1.24 bits per heavy atom. The van der Waals surface area contributed by atoms with Gasteiger partial charge in [-0.3, -0.25) is 24.3 Å². The first-order valence-corrected chi connectivity index (χ1v) is 8.17. The van der Waals surface area contributed by atoms with E-state index in [-0.39, 0.29) is 16.9 Å². The van der Waals surface area contributed by atoms with Gasteiger partial charge in [0, 0.05) is 11.5 Å². The molecular formula is C14H18B4N4O3. The third kappa shape index (κ3) is 2.11. The van der Waals surface area contributed by atoms with E-state index in [9.17, 15) is 14.4 Å². The molecule has 0 saturated carbocycles. The highest BCUT2D eigenvalue weighted by atomic mass is 16.2. The number of benzene rings is 1. The van der Waals surface area contributed by atoms with Crippen LogP contribution >= 0.6 is 0 Å². The maximum atomic E-state index is 13.3. The fraction of sp³-hybridized carbons (Fsp3) is 0.286. The minimum absolute atomic E-state index is 0.280. The molecule has 1 aliphatic heterocycles. The number of carbonyl (C=O) groups is 2. The molecule has 0 aliphatic carbocycles. The highest BCUT2D eigenvalue weighted by Crippen LogP contribution is 2.48. The van der Waals surface area contributed by atoms with E-state index in [1.54, 1.807) is 40.8 Å². The quantitative estimate of drug-likeness (QED) is 0.314. The van der Waals surface area contributed by atoms with E-state index < -0.39 is 22.4 Å². The fourth-order valence-corrected chi connectivity index (χ4v) is 3.67. The molecule has 1 aromatic carbocycles. The summed E-state index contributed by atoms with van der Waals surface area (Å²) in [6, 6.07) is 5.07. The average Bonchev–Trinajstić information content (AvgIpc) is 2.51. The molecule has 3 rings (SSSR count). The summed E-state index contributed by atoms with van der Waals surface area (Å²) < 4.78 is 1.38. The van der Waals surface area contributed by atoms with Crippen molar-refractivity contribution in [3.05, 3.63) is 34.4 Å². The number of carbonyl (C=O) groups excluding carboxylic acids is 2. The van der Waals surface area contributed by atoms with Crippen LogP contribution in [0.2, 0.25) is 11.0 Å². The Morgan fingerprint density at radius 2 is 1.88 bits per heavy atom. The SMILES string of the molecule is BC1C(=O)NC(=O)C(B)(n2c(C)nc3cccc(N)c3c2=O)C1(B)B. The number of nitrogens with two attached hydrogens (primary N) is 1. The lowest BCUT2D eigenvalue weighted by Crippen LogP contribution is -2.68. The first-order chi connectivity index (χ1) is 11.5. The number of aryl methyl sites for hydroxylation is 1. The van der Waals surface area contributed by atoms with Crippen molar-refractivity contribution >= 4 is 59.8 Å². The van der Waals surface area contributed by atoms with Gasteiger partial charge < -0.3 is 5.73 Å². The molecule has 2 aromatic rings. The zero-order chi connectivity index (χ0) is 18.7. The second kappa shape index (κ2) is 5.28. The van der Waals surface area contributed by atoms with E-state index in [0.29, 0.717) is 17.0 Å². The molecule has 2 unspecified atom stereocenters. The number of hydrogen-bond donors (Lipinski definition) is 2. The molecule has 25 heavy (non-hydrogen) atoms. The average molecular weight is 334 g/mol. The van der Waals surface area contributed by atoms with Crippen LogP contribution in [0.25, 0.3) is 10.9 Å². The Morgan fingerprint density at radius 3 is 2.52 bits per heavy atom. The van der Waals surface area contributed by atoms with Crippen molar-refractivity contribution in [1.29, 1.82) is 0 Å². The van der Waals surface area contributed by atoms with E-state index in [4.69, 9.17) is 5.73 Å². The summed E-state index contributed by atoms with van der Waals surface area (Å²) in [7, 11) is 7.06. The zero-order valence-corrected chi connectivity index (χ0v) is 15.0. The number of amides is 2. The minimum atomic E-state index is -1.29. The standard InChI is InChI=1S/C14H18B4N4O3/c1-5-20-7-4-2-3-6(19)8(7)11(24)22(5)14(18)12(25)21-10(23)9(15)13(14,16)17/h2-4,9H,15-19H2,1H3,(H,21,23,25). The minimum Gasteiger partial charge on any atom is -0.398 e. The predicted molar refractivity (Wildman–Crippen MR) is 107 cm³/mol. The van der Waals surface area contributed by atoms with Crippen LogP contribution in [0.4, 0.5) is 5.69 Å². The van der Waals surface area contributed by atoms with Gasteiger partial charge in [0.15, 0.2) is 0 Å². The van der Waals surface area contributed by atoms with E-state index >= 15 is 0 Å². The summed E-state index contributed by atoms with van der Waals surface area (Å²) in [6.07, 6.45) is 0. The van der Waals surface area contributed by atoms with Gasteiger partial charge in [-0.2, -0.15) is 0 Å². The largest absolute Gasteiger partial charge is 0.398 e. The third-order valence-electron chi connectivity index (χ3n) is 5.95. The molecule has 11 heteroatoms. The van der Waals surface area contributed by atoms with Gasteiger partial charge in [-0.05, 0) is 19.1 Å². The first-order valence-electron chi connectivity index (χ1n) is 8.17. The van der Waals surface area contributed by atoms with Gasteiger partial charge in [0.1, 0.15) is 37.2 Å². The first kappa shape index (κ1) is 17.4. The normalized spacial score (nSPS) is 25.7. The Labute approximate surface area is 148 Å². The Bertz CT molecular complexity index is 990. The van der Waals surface area contributed by atoms with Crippen LogP contribution in [0.5, 0.6) is 0 Å². The molecule has 1 fully saturated rings. The van der Waals surface area contributed by atoms with Crippen LogP contribution in [0, 0.1) is 6.92 Å². The van der Waals surface area contributed by atoms with Crippen molar-refractivity contribution in [3.8, 4) is 0 Å². The lowest BCUT2D eigenvalue weighted by Gasteiger charge is -2.51. The summed E-state index contributed by atoms with van der Waals surface area (Å²) >= 11 is 0. The Balaban J connectivity index is 2.42. The second-order valence-corrected chi connectivity index (χ2v) is 7.37. The second-order valence-electron chi connectivity index (χ2n) is 7.37. The molecular weight excluding hydrogens is 315 g/mol. The van der Waals surface area contributed by atoms with Gasteiger partial charge in [0.25, 0.3) is 5.56 Å². The molecule has 1 aromatic heterocycles. The van der Waals surface area contributed by atoms with E-state index in [1.165, 1.54) is 4.57 Å². The third-order valence-corrected chi connectivity index (χ3v) is 5.95. The molecule has 3 N–H and O–H groups in total. The molecule has 2 amide bonds. The van der Waals surface area contributed by atoms with Crippen molar-refractivity contribution in [3.63, 3.8) is 0 Å². The van der Waals surface area contributed by atoms with Crippen LogP contribution in [0.3, 0.4) is 0 Å². The van der Waals surface area contributed by atoms with Crippen LogP contribution in [-0.4, -0.2) is 52.8 Å². The topological polar surface area (TPSA) is 107 Å². The van der Waals surface area contributed by atoms with Crippen LogP contribution in [0.1, 0.15) is 5.82 Å².